The number of anilines is 3. The van der Waals surface area contributed by atoms with Gasteiger partial charge in [-0.15, -0.1) is 0 Å². The Hall–Kier alpha value is -7.36. The molecular formula is C60H45N3. The van der Waals surface area contributed by atoms with E-state index in [0.29, 0.717) is 0 Å². The minimum atomic E-state index is -0.548. The van der Waals surface area contributed by atoms with Gasteiger partial charge in [0.2, 0.25) is 0 Å². The van der Waals surface area contributed by atoms with Crippen LogP contribution in [0.5, 0.6) is 0 Å². The molecule has 4 aliphatic rings. The van der Waals surface area contributed by atoms with E-state index < -0.39 is 10.8 Å². The lowest BCUT2D eigenvalue weighted by molar-refractivity contribution is 0.343. The molecule has 13 rings (SSSR count). The molecule has 300 valence electrons. The summed E-state index contributed by atoms with van der Waals surface area (Å²) in [5, 5.41) is 0. The van der Waals surface area contributed by atoms with Crippen molar-refractivity contribution in [2.75, 3.05) is 4.90 Å². The first-order chi connectivity index (χ1) is 31.2. The molecule has 1 aliphatic heterocycles. The van der Waals surface area contributed by atoms with Gasteiger partial charge in [0, 0.05) is 35.9 Å². The second-order valence-electron chi connectivity index (χ2n) is 17.9. The van der Waals surface area contributed by atoms with Gasteiger partial charge in [-0.05, 0) is 127 Å². The fraction of sp³-hybridized carbons (Fsp3) is 0.133. The van der Waals surface area contributed by atoms with Crippen molar-refractivity contribution in [1.29, 1.82) is 0 Å². The highest BCUT2D eigenvalue weighted by Gasteiger charge is 2.51. The van der Waals surface area contributed by atoms with Crippen molar-refractivity contribution in [3.05, 3.63) is 268 Å². The number of nitrogens with zero attached hydrogens (tertiary/aromatic N) is 3. The van der Waals surface area contributed by atoms with Gasteiger partial charge in [-0.1, -0.05) is 171 Å². The lowest BCUT2D eigenvalue weighted by Crippen LogP contribution is -2.39. The van der Waals surface area contributed by atoms with Crippen molar-refractivity contribution in [3.63, 3.8) is 0 Å². The van der Waals surface area contributed by atoms with Crippen LogP contribution in [0.15, 0.2) is 213 Å². The minimum Gasteiger partial charge on any atom is -0.310 e. The summed E-state index contributed by atoms with van der Waals surface area (Å²) in [4.78, 5) is 12.1. The predicted octanol–water partition coefficient (Wildman–Crippen LogP) is 14.2. The number of fused-ring (bicyclic) bond motifs is 10. The topological polar surface area (TPSA) is 29.0 Å². The smallest absolute Gasteiger partial charge is 0.0728 e. The van der Waals surface area contributed by atoms with Crippen LogP contribution in [0.3, 0.4) is 0 Å². The van der Waals surface area contributed by atoms with Crippen molar-refractivity contribution in [1.82, 2.24) is 9.97 Å². The average Bonchev–Trinajstić information content (AvgIpc) is 3.84. The normalized spacial score (nSPS) is 16.6. The Kier molecular flexibility index (Phi) is 7.97. The fourth-order valence-corrected chi connectivity index (χ4v) is 12.7. The van der Waals surface area contributed by atoms with Gasteiger partial charge in [0.1, 0.15) is 0 Å². The number of hydrogen-bond acceptors (Lipinski definition) is 3. The van der Waals surface area contributed by atoms with Gasteiger partial charge < -0.3 is 4.90 Å². The lowest BCUT2D eigenvalue weighted by atomic mass is 9.59. The Labute approximate surface area is 369 Å². The van der Waals surface area contributed by atoms with E-state index >= 15 is 0 Å². The van der Waals surface area contributed by atoms with Crippen LogP contribution in [0.4, 0.5) is 17.1 Å². The molecule has 2 aromatic heterocycles. The Balaban J connectivity index is 1.12. The highest BCUT2D eigenvalue weighted by molar-refractivity contribution is 5.91. The van der Waals surface area contributed by atoms with Gasteiger partial charge >= 0.3 is 0 Å². The summed E-state index contributed by atoms with van der Waals surface area (Å²) >= 11 is 0. The van der Waals surface area contributed by atoms with E-state index in [-0.39, 0.29) is 5.41 Å². The maximum absolute atomic E-state index is 4.80. The molecule has 3 heteroatoms. The van der Waals surface area contributed by atoms with E-state index in [0.717, 1.165) is 12.8 Å². The summed E-state index contributed by atoms with van der Waals surface area (Å²) in [5.74, 6) is 0. The van der Waals surface area contributed by atoms with Gasteiger partial charge in [0.05, 0.1) is 22.2 Å². The summed E-state index contributed by atoms with van der Waals surface area (Å²) in [6.45, 7) is 0. The zero-order chi connectivity index (χ0) is 41.6. The second kappa shape index (κ2) is 13.8. The molecule has 3 heterocycles. The number of rotatable bonds is 5. The zero-order valence-electron chi connectivity index (χ0n) is 35.1. The molecular weight excluding hydrogens is 763 g/mol. The van der Waals surface area contributed by atoms with Gasteiger partial charge in [-0.2, -0.15) is 0 Å². The highest BCUT2D eigenvalue weighted by atomic mass is 15.2. The first-order valence-corrected chi connectivity index (χ1v) is 22.6. The van der Waals surface area contributed by atoms with Crippen molar-refractivity contribution < 1.29 is 0 Å². The van der Waals surface area contributed by atoms with E-state index in [1.165, 1.54) is 114 Å². The molecule has 0 atom stereocenters. The summed E-state index contributed by atoms with van der Waals surface area (Å²) < 4.78 is 0. The van der Waals surface area contributed by atoms with Gasteiger partial charge in [-0.25, -0.2) is 0 Å². The van der Waals surface area contributed by atoms with Crippen LogP contribution in [0.2, 0.25) is 0 Å². The Morgan fingerprint density at radius 1 is 0.349 bits per heavy atom. The molecule has 1 fully saturated rings. The molecule has 3 nitrogen and oxygen atoms in total. The van der Waals surface area contributed by atoms with E-state index in [1.54, 1.807) is 0 Å². The highest BCUT2D eigenvalue weighted by Crippen LogP contribution is 2.63. The number of hydrogen-bond donors (Lipinski definition) is 0. The first-order valence-electron chi connectivity index (χ1n) is 22.6. The maximum atomic E-state index is 4.80. The number of benzene rings is 7. The molecule has 0 saturated heterocycles. The number of para-hydroxylation sites is 1. The van der Waals surface area contributed by atoms with Crippen molar-refractivity contribution in [2.24, 2.45) is 0 Å². The maximum Gasteiger partial charge on any atom is 0.0728 e. The third-order valence-electron chi connectivity index (χ3n) is 15.2. The zero-order valence-corrected chi connectivity index (χ0v) is 35.1. The lowest BCUT2D eigenvalue weighted by Gasteiger charge is -2.49. The standard InChI is InChI=1S/C60H45N3/c1-3-19-45(20-4-1)63-56-31-29-41(59(43-17-15-35-61-39-43)50-25-9-5-21-46(50)47-22-6-10-26-51(47)59)37-54(56)58(33-13-2-14-34-58)55-38-42(30-32-57(55)63)60(44-18-16-36-62-40-44)52-27-11-7-23-48(52)49-24-8-12-28-53(49)60/h1,3-12,15-32,35-40H,2,13-14,33-34H2. The van der Waals surface area contributed by atoms with Crippen LogP contribution in [0.25, 0.3) is 22.3 Å². The van der Waals surface area contributed by atoms with Crippen LogP contribution in [-0.2, 0) is 16.2 Å². The number of aromatic nitrogens is 2. The van der Waals surface area contributed by atoms with Crippen molar-refractivity contribution in [2.45, 2.75) is 48.3 Å². The van der Waals surface area contributed by atoms with Crippen LogP contribution < -0.4 is 4.90 Å². The monoisotopic (exact) mass is 807 g/mol. The van der Waals surface area contributed by atoms with Crippen molar-refractivity contribution >= 4 is 17.1 Å². The quantitative estimate of drug-likeness (QED) is 0.173. The molecule has 0 unspecified atom stereocenters. The molecule has 1 saturated carbocycles. The second-order valence-corrected chi connectivity index (χ2v) is 17.9. The molecule has 9 aromatic rings. The van der Waals surface area contributed by atoms with Crippen LogP contribution in [0, 0.1) is 0 Å². The van der Waals surface area contributed by atoms with E-state index in [4.69, 9.17) is 9.97 Å². The molecule has 63 heavy (non-hydrogen) atoms. The Bertz CT molecular complexity index is 2940. The van der Waals surface area contributed by atoms with Crippen LogP contribution in [0.1, 0.15) is 87.7 Å². The van der Waals surface area contributed by atoms with Crippen LogP contribution in [-0.4, -0.2) is 9.97 Å². The van der Waals surface area contributed by atoms with E-state index in [1.807, 2.05) is 12.4 Å². The van der Waals surface area contributed by atoms with E-state index in [9.17, 15) is 0 Å². The summed E-state index contributed by atoms with van der Waals surface area (Å²) in [6, 6.07) is 71.1. The molecule has 1 spiro atoms. The summed E-state index contributed by atoms with van der Waals surface area (Å²) in [5.41, 5.74) is 20.6. The predicted molar refractivity (Wildman–Crippen MR) is 255 cm³/mol. The third kappa shape index (κ3) is 4.85. The summed E-state index contributed by atoms with van der Waals surface area (Å²) in [7, 11) is 0. The molecule has 0 radical (unpaired) electrons. The molecule has 3 aliphatic carbocycles. The molecule has 7 aromatic carbocycles. The molecule has 0 bridgehead atoms. The van der Waals surface area contributed by atoms with Gasteiger partial charge in [-0.3, -0.25) is 9.97 Å². The molecule has 0 amide bonds. The van der Waals surface area contributed by atoms with Crippen LogP contribution >= 0.6 is 0 Å². The summed E-state index contributed by atoms with van der Waals surface area (Å²) in [6.07, 6.45) is 13.8. The third-order valence-corrected chi connectivity index (χ3v) is 15.2. The first kappa shape index (κ1) is 36.3. The van der Waals surface area contributed by atoms with Crippen molar-refractivity contribution in [3.8, 4) is 22.3 Å². The largest absolute Gasteiger partial charge is 0.310 e. The number of pyridine rings is 2. The van der Waals surface area contributed by atoms with E-state index in [2.05, 4.69) is 205 Å². The van der Waals surface area contributed by atoms with Gasteiger partial charge in [0.25, 0.3) is 0 Å². The average molecular weight is 808 g/mol. The SMILES string of the molecule is c1ccc(N2c3ccc(C4(c5cccnc5)c5ccccc5-c5ccccc54)cc3C3(CCCCC3)c3cc(C4(c5cccnc5)c5ccccc5-c5ccccc54)ccc32)cc1. The fourth-order valence-electron chi connectivity index (χ4n) is 12.7. The van der Waals surface area contributed by atoms with Gasteiger partial charge in [0.15, 0.2) is 0 Å². The Morgan fingerprint density at radius 2 is 0.762 bits per heavy atom. The Morgan fingerprint density at radius 3 is 1.17 bits per heavy atom. The minimum absolute atomic E-state index is 0.220. The molecule has 0 N–H and O–H groups in total.